The van der Waals surface area contributed by atoms with Crippen LogP contribution >= 0.6 is 0 Å². The molecule has 0 radical (unpaired) electrons. The molecular formula is C21H21FN2O5. The van der Waals surface area contributed by atoms with Gasteiger partial charge in [-0.1, -0.05) is 12.1 Å². The van der Waals surface area contributed by atoms with Gasteiger partial charge in [0.2, 0.25) is 5.91 Å². The number of para-hydroxylation sites is 1. The maximum atomic E-state index is 13.9. The molecule has 2 amide bonds. The molecule has 0 unspecified atom stereocenters. The second kappa shape index (κ2) is 9.18. The van der Waals surface area contributed by atoms with Gasteiger partial charge < -0.3 is 19.7 Å². The molecule has 1 aliphatic rings. The molecule has 3 rings (SSSR count). The van der Waals surface area contributed by atoms with Gasteiger partial charge in [-0.25, -0.2) is 4.39 Å². The van der Waals surface area contributed by atoms with Gasteiger partial charge in [0.05, 0.1) is 18.2 Å². The lowest BCUT2D eigenvalue weighted by Gasteiger charge is -2.17. The van der Waals surface area contributed by atoms with E-state index in [-0.39, 0.29) is 24.6 Å². The summed E-state index contributed by atoms with van der Waals surface area (Å²) in [5.74, 6) is -2.14. The van der Waals surface area contributed by atoms with Gasteiger partial charge in [0.25, 0.3) is 5.91 Å². The van der Waals surface area contributed by atoms with E-state index in [1.165, 1.54) is 23.1 Å². The Kier molecular flexibility index (Phi) is 6.43. The number of carbonyl (C=O) groups is 3. The Bertz CT molecular complexity index is 900. The van der Waals surface area contributed by atoms with E-state index in [0.717, 1.165) is 0 Å². The number of esters is 1. The number of halogens is 1. The van der Waals surface area contributed by atoms with E-state index < -0.39 is 30.2 Å². The monoisotopic (exact) mass is 400 g/mol. The van der Waals surface area contributed by atoms with Crippen LogP contribution in [0.1, 0.15) is 13.3 Å². The molecule has 29 heavy (non-hydrogen) atoms. The summed E-state index contributed by atoms with van der Waals surface area (Å²) in [6.07, 6.45) is -0.0896. The number of hydrogen-bond acceptors (Lipinski definition) is 5. The number of carbonyl (C=O) groups excluding carboxylic acids is 3. The van der Waals surface area contributed by atoms with Crippen molar-refractivity contribution >= 4 is 29.2 Å². The second-order valence-corrected chi connectivity index (χ2v) is 6.47. The lowest BCUT2D eigenvalue weighted by Crippen LogP contribution is -2.28. The predicted octanol–water partition coefficient (Wildman–Crippen LogP) is 2.76. The fraction of sp³-hybridized carbons (Fsp3) is 0.286. The molecule has 0 aliphatic carbocycles. The standard InChI is InChI=1S/C21H21FN2O5/c1-2-28-16-9-7-15(8-10-16)23-19(25)13-29-21(27)14-11-20(26)24(12-14)18-6-4-3-5-17(18)22/h3-10,14H,2,11-13H2,1H3,(H,23,25)/t14-/m0/s1. The fourth-order valence-corrected chi connectivity index (χ4v) is 3.02. The topological polar surface area (TPSA) is 84.9 Å². The third kappa shape index (κ3) is 5.10. The Labute approximate surface area is 167 Å². The Morgan fingerprint density at radius 3 is 2.59 bits per heavy atom. The van der Waals surface area contributed by atoms with E-state index >= 15 is 0 Å². The zero-order chi connectivity index (χ0) is 20.8. The number of nitrogens with zero attached hydrogens (tertiary/aromatic N) is 1. The molecule has 1 aliphatic heterocycles. The summed E-state index contributed by atoms with van der Waals surface area (Å²) < 4.78 is 24.3. The average Bonchev–Trinajstić information content (AvgIpc) is 3.10. The van der Waals surface area contributed by atoms with E-state index in [4.69, 9.17) is 9.47 Å². The molecule has 0 spiro atoms. The van der Waals surface area contributed by atoms with Crippen molar-refractivity contribution in [1.29, 1.82) is 0 Å². The van der Waals surface area contributed by atoms with Crippen molar-refractivity contribution < 1.29 is 28.2 Å². The molecule has 2 aromatic carbocycles. The predicted molar refractivity (Wildman–Crippen MR) is 104 cm³/mol. The Morgan fingerprint density at radius 1 is 1.17 bits per heavy atom. The van der Waals surface area contributed by atoms with Gasteiger partial charge in [0.1, 0.15) is 11.6 Å². The minimum Gasteiger partial charge on any atom is -0.494 e. The van der Waals surface area contributed by atoms with Crippen LogP contribution in [0.2, 0.25) is 0 Å². The minimum absolute atomic E-state index is 0.0130. The average molecular weight is 400 g/mol. The maximum Gasteiger partial charge on any atom is 0.311 e. The summed E-state index contributed by atoms with van der Waals surface area (Å²) >= 11 is 0. The summed E-state index contributed by atoms with van der Waals surface area (Å²) in [6.45, 7) is 1.95. The number of hydrogen-bond donors (Lipinski definition) is 1. The molecule has 1 atom stereocenters. The van der Waals surface area contributed by atoms with E-state index in [9.17, 15) is 18.8 Å². The SMILES string of the molecule is CCOc1ccc(NC(=O)COC(=O)[C@H]2CC(=O)N(c3ccccc3F)C2)cc1. The third-order valence-corrected chi connectivity index (χ3v) is 4.40. The Morgan fingerprint density at radius 2 is 1.90 bits per heavy atom. The van der Waals surface area contributed by atoms with Crippen molar-refractivity contribution in [3.05, 3.63) is 54.3 Å². The van der Waals surface area contributed by atoms with E-state index in [2.05, 4.69) is 5.32 Å². The summed E-state index contributed by atoms with van der Waals surface area (Å²) in [5.41, 5.74) is 0.664. The number of benzene rings is 2. The van der Waals surface area contributed by atoms with Crippen LogP contribution in [-0.4, -0.2) is 37.5 Å². The van der Waals surface area contributed by atoms with Crippen molar-refractivity contribution in [2.24, 2.45) is 5.92 Å². The lowest BCUT2D eigenvalue weighted by molar-refractivity contribution is -0.151. The molecule has 0 aromatic heterocycles. The molecule has 152 valence electrons. The molecule has 1 heterocycles. The van der Waals surface area contributed by atoms with Gasteiger partial charge in [-0.3, -0.25) is 14.4 Å². The van der Waals surface area contributed by atoms with Crippen LogP contribution in [0.5, 0.6) is 5.75 Å². The van der Waals surface area contributed by atoms with Crippen LogP contribution in [-0.2, 0) is 19.1 Å². The van der Waals surface area contributed by atoms with Crippen molar-refractivity contribution in [3.8, 4) is 5.75 Å². The normalized spacial score (nSPS) is 15.9. The first-order chi connectivity index (χ1) is 14.0. The first-order valence-electron chi connectivity index (χ1n) is 9.22. The molecule has 1 saturated heterocycles. The molecule has 1 fully saturated rings. The highest BCUT2D eigenvalue weighted by molar-refractivity contribution is 6.00. The van der Waals surface area contributed by atoms with Gasteiger partial charge in [-0.2, -0.15) is 0 Å². The van der Waals surface area contributed by atoms with Crippen molar-refractivity contribution in [3.63, 3.8) is 0 Å². The summed E-state index contributed by atoms with van der Waals surface area (Å²) in [5, 5.41) is 2.61. The first kappa shape index (κ1) is 20.3. The van der Waals surface area contributed by atoms with Gasteiger partial charge in [-0.05, 0) is 43.3 Å². The Balaban J connectivity index is 1.50. The Hall–Kier alpha value is -3.42. The van der Waals surface area contributed by atoms with Crippen molar-refractivity contribution in [2.45, 2.75) is 13.3 Å². The first-order valence-corrected chi connectivity index (χ1v) is 9.22. The third-order valence-electron chi connectivity index (χ3n) is 4.40. The van der Waals surface area contributed by atoms with Crippen LogP contribution < -0.4 is 15.0 Å². The van der Waals surface area contributed by atoms with Gasteiger partial charge in [-0.15, -0.1) is 0 Å². The molecule has 1 N–H and O–H groups in total. The highest BCUT2D eigenvalue weighted by atomic mass is 19.1. The largest absolute Gasteiger partial charge is 0.494 e. The zero-order valence-corrected chi connectivity index (χ0v) is 15.9. The lowest BCUT2D eigenvalue weighted by atomic mass is 10.1. The molecule has 7 nitrogen and oxygen atoms in total. The quantitative estimate of drug-likeness (QED) is 0.723. The number of nitrogens with one attached hydrogen (secondary N) is 1. The zero-order valence-electron chi connectivity index (χ0n) is 15.9. The van der Waals surface area contributed by atoms with Crippen molar-refractivity contribution in [1.82, 2.24) is 0 Å². The van der Waals surface area contributed by atoms with Crippen LogP contribution in [0, 0.1) is 11.7 Å². The second-order valence-electron chi connectivity index (χ2n) is 6.47. The molecule has 8 heteroatoms. The molecule has 0 saturated carbocycles. The molecule has 0 bridgehead atoms. The van der Waals surface area contributed by atoms with Crippen LogP contribution in [0.4, 0.5) is 15.8 Å². The maximum absolute atomic E-state index is 13.9. The number of ether oxygens (including phenoxy) is 2. The summed E-state index contributed by atoms with van der Waals surface area (Å²) in [7, 11) is 0. The van der Waals surface area contributed by atoms with E-state index in [0.29, 0.717) is 18.0 Å². The summed E-state index contributed by atoms with van der Waals surface area (Å²) in [6, 6.07) is 12.6. The van der Waals surface area contributed by atoms with Crippen molar-refractivity contribution in [2.75, 3.05) is 30.0 Å². The van der Waals surface area contributed by atoms with Gasteiger partial charge in [0.15, 0.2) is 6.61 Å². The van der Waals surface area contributed by atoms with Crippen LogP contribution in [0.25, 0.3) is 0 Å². The number of amides is 2. The van der Waals surface area contributed by atoms with Crippen LogP contribution in [0.3, 0.4) is 0 Å². The molecule has 2 aromatic rings. The number of rotatable bonds is 7. The van der Waals surface area contributed by atoms with E-state index in [1.54, 1.807) is 30.3 Å². The fourth-order valence-electron chi connectivity index (χ4n) is 3.02. The summed E-state index contributed by atoms with van der Waals surface area (Å²) in [4.78, 5) is 37.6. The van der Waals surface area contributed by atoms with E-state index in [1.807, 2.05) is 6.92 Å². The number of anilines is 2. The van der Waals surface area contributed by atoms with Gasteiger partial charge >= 0.3 is 5.97 Å². The highest BCUT2D eigenvalue weighted by Gasteiger charge is 2.37. The molecular weight excluding hydrogens is 379 g/mol. The van der Waals surface area contributed by atoms with Gasteiger partial charge in [0, 0.05) is 18.7 Å². The minimum atomic E-state index is -0.750. The smallest absolute Gasteiger partial charge is 0.311 e. The highest BCUT2D eigenvalue weighted by Crippen LogP contribution is 2.27. The van der Waals surface area contributed by atoms with Crippen LogP contribution in [0.15, 0.2) is 48.5 Å².